The molecule has 0 bridgehead atoms. The Morgan fingerprint density at radius 1 is 1.29 bits per heavy atom. The lowest BCUT2D eigenvalue weighted by Gasteiger charge is -2.30. The number of hydrogen-bond acceptors (Lipinski definition) is 3. The first kappa shape index (κ1) is 16.0. The molecule has 116 valence electrons. The van der Waals surface area contributed by atoms with E-state index in [2.05, 4.69) is 56.4 Å². The first-order valence-electron chi connectivity index (χ1n) is 7.69. The minimum atomic E-state index is 0.248. The van der Waals surface area contributed by atoms with Crippen LogP contribution in [0.25, 0.3) is 10.9 Å². The highest BCUT2D eigenvalue weighted by Crippen LogP contribution is 2.30. The summed E-state index contributed by atoms with van der Waals surface area (Å²) in [5, 5.41) is 5.89. The van der Waals surface area contributed by atoms with Crippen molar-refractivity contribution in [1.82, 2.24) is 15.2 Å². The number of benzene rings is 1. The number of nitrogens with two attached hydrogens (primary N) is 1. The van der Waals surface area contributed by atoms with Crippen molar-refractivity contribution in [3.05, 3.63) is 30.0 Å². The third kappa shape index (κ3) is 3.63. The smallest absolute Gasteiger partial charge is 0.0719 e. The molecule has 2 rings (SSSR count). The van der Waals surface area contributed by atoms with Gasteiger partial charge in [-0.25, -0.2) is 0 Å². The SMILES string of the molecule is CC(CC(Cc1nn(C)c2ccccc12)NN)C(C)(C)C. The zero-order valence-electron chi connectivity index (χ0n) is 13.9. The molecule has 0 aliphatic rings. The van der Waals surface area contributed by atoms with Crippen molar-refractivity contribution in [2.45, 2.75) is 46.6 Å². The van der Waals surface area contributed by atoms with Crippen molar-refractivity contribution in [3.63, 3.8) is 0 Å². The number of aromatic nitrogens is 2. The molecule has 1 heterocycles. The Bertz CT molecular complexity index is 594. The Balaban J connectivity index is 2.18. The number of para-hydroxylation sites is 1. The molecule has 0 aliphatic heterocycles. The zero-order valence-corrected chi connectivity index (χ0v) is 13.9. The van der Waals surface area contributed by atoms with Crippen molar-refractivity contribution in [1.29, 1.82) is 0 Å². The summed E-state index contributed by atoms with van der Waals surface area (Å²) < 4.78 is 1.95. The van der Waals surface area contributed by atoms with E-state index < -0.39 is 0 Å². The predicted molar refractivity (Wildman–Crippen MR) is 88.8 cm³/mol. The van der Waals surface area contributed by atoms with Gasteiger partial charge in [-0.2, -0.15) is 5.10 Å². The molecule has 0 fully saturated rings. The van der Waals surface area contributed by atoms with Crippen LogP contribution in [0.4, 0.5) is 0 Å². The summed E-state index contributed by atoms with van der Waals surface area (Å²) in [5.41, 5.74) is 5.57. The quantitative estimate of drug-likeness (QED) is 0.657. The number of nitrogens with one attached hydrogen (secondary N) is 1. The largest absolute Gasteiger partial charge is 0.271 e. The molecule has 21 heavy (non-hydrogen) atoms. The lowest BCUT2D eigenvalue weighted by atomic mass is 9.78. The third-order valence-corrected chi connectivity index (χ3v) is 4.63. The molecule has 4 heteroatoms. The van der Waals surface area contributed by atoms with Gasteiger partial charge in [0.15, 0.2) is 0 Å². The van der Waals surface area contributed by atoms with E-state index in [4.69, 9.17) is 5.84 Å². The minimum absolute atomic E-state index is 0.248. The molecule has 1 aromatic heterocycles. The molecule has 3 N–H and O–H groups in total. The summed E-state index contributed by atoms with van der Waals surface area (Å²) >= 11 is 0. The van der Waals surface area contributed by atoms with Crippen LogP contribution in [-0.4, -0.2) is 15.8 Å². The van der Waals surface area contributed by atoms with E-state index in [9.17, 15) is 0 Å². The molecule has 0 aliphatic carbocycles. The summed E-state index contributed by atoms with van der Waals surface area (Å²) in [7, 11) is 1.99. The fraction of sp³-hybridized carbons (Fsp3) is 0.588. The van der Waals surface area contributed by atoms with Gasteiger partial charge in [0.2, 0.25) is 0 Å². The van der Waals surface area contributed by atoms with E-state index in [0.29, 0.717) is 11.3 Å². The molecule has 0 spiro atoms. The highest BCUT2D eigenvalue weighted by Gasteiger charge is 2.24. The van der Waals surface area contributed by atoms with Crippen LogP contribution in [0.5, 0.6) is 0 Å². The topological polar surface area (TPSA) is 55.9 Å². The number of hydrogen-bond donors (Lipinski definition) is 2. The molecule has 0 amide bonds. The van der Waals surface area contributed by atoms with E-state index in [1.165, 1.54) is 10.9 Å². The Morgan fingerprint density at radius 2 is 1.95 bits per heavy atom. The number of nitrogens with zero attached hydrogens (tertiary/aromatic N) is 2. The minimum Gasteiger partial charge on any atom is -0.271 e. The number of fused-ring (bicyclic) bond motifs is 1. The molecule has 0 saturated heterocycles. The highest BCUT2D eigenvalue weighted by molar-refractivity contribution is 5.81. The maximum absolute atomic E-state index is 5.78. The molecule has 2 aromatic rings. The lowest BCUT2D eigenvalue weighted by Crippen LogP contribution is -2.39. The number of aryl methyl sites for hydroxylation is 1. The van der Waals surface area contributed by atoms with Crippen LogP contribution in [0.1, 0.15) is 39.8 Å². The van der Waals surface area contributed by atoms with Gasteiger partial charge in [-0.15, -0.1) is 0 Å². The van der Waals surface area contributed by atoms with Crippen LogP contribution in [-0.2, 0) is 13.5 Å². The van der Waals surface area contributed by atoms with Gasteiger partial charge in [0.1, 0.15) is 0 Å². The van der Waals surface area contributed by atoms with Gasteiger partial charge in [0.25, 0.3) is 0 Å². The maximum atomic E-state index is 5.78. The van der Waals surface area contributed by atoms with Crippen molar-refractivity contribution < 1.29 is 0 Å². The molecule has 0 radical (unpaired) electrons. The van der Waals surface area contributed by atoms with Gasteiger partial charge < -0.3 is 0 Å². The third-order valence-electron chi connectivity index (χ3n) is 4.63. The van der Waals surface area contributed by atoms with Crippen LogP contribution < -0.4 is 11.3 Å². The number of rotatable bonds is 5. The second-order valence-corrected chi connectivity index (χ2v) is 7.16. The molecule has 0 saturated carbocycles. The van der Waals surface area contributed by atoms with Gasteiger partial charge in [-0.3, -0.25) is 16.0 Å². The predicted octanol–water partition coefficient (Wildman–Crippen LogP) is 3.02. The Kier molecular flexibility index (Phi) is 4.69. The van der Waals surface area contributed by atoms with Crippen molar-refractivity contribution >= 4 is 10.9 Å². The molecule has 2 unspecified atom stereocenters. The van der Waals surface area contributed by atoms with Gasteiger partial charge in [-0.1, -0.05) is 45.9 Å². The summed E-state index contributed by atoms with van der Waals surface area (Å²) in [6, 6.07) is 8.61. The molecular weight excluding hydrogens is 260 g/mol. The highest BCUT2D eigenvalue weighted by atomic mass is 15.3. The molecule has 2 atom stereocenters. The van der Waals surface area contributed by atoms with Crippen molar-refractivity contribution in [2.24, 2.45) is 24.2 Å². The lowest BCUT2D eigenvalue weighted by molar-refractivity contribution is 0.222. The van der Waals surface area contributed by atoms with Gasteiger partial charge in [0.05, 0.1) is 11.2 Å². The first-order valence-corrected chi connectivity index (χ1v) is 7.69. The average molecular weight is 288 g/mol. The summed E-state index contributed by atoms with van der Waals surface area (Å²) in [4.78, 5) is 0. The van der Waals surface area contributed by atoms with Crippen LogP contribution in [0.3, 0.4) is 0 Å². The van der Waals surface area contributed by atoms with E-state index in [1.54, 1.807) is 0 Å². The van der Waals surface area contributed by atoms with Gasteiger partial charge in [-0.05, 0) is 23.8 Å². The van der Waals surface area contributed by atoms with Crippen molar-refractivity contribution in [3.8, 4) is 0 Å². The molecule has 1 aromatic carbocycles. The van der Waals surface area contributed by atoms with E-state index >= 15 is 0 Å². The Labute approximate surface area is 127 Å². The van der Waals surface area contributed by atoms with E-state index in [-0.39, 0.29) is 6.04 Å². The average Bonchev–Trinajstić information content (AvgIpc) is 2.74. The summed E-state index contributed by atoms with van der Waals surface area (Å²) in [6.07, 6.45) is 1.91. The van der Waals surface area contributed by atoms with Crippen LogP contribution in [0.15, 0.2) is 24.3 Å². The number of hydrazine groups is 1. The van der Waals surface area contributed by atoms with E-state index in [0.717, 1.165) is 18.5 Å². The zero-order chi connectivity index (χ0) is 15.6. The molecular formula is C17H28N4. The van der Waals surface area contributed by atoms with Crippen LogP contribution >= 0.6 is 0 Å². The van der Waals surface area contributed by atoms with Crippen molar-refractivity contribution in [2.75, 3.05) is 0 Å². The molecule has 4 nitrogen and oxygen atoms in total. The van der Waals surface area contributed by atoms with Gasteiger partial charge >= 0.3 is 0 Å². The summed E-state index contributed by atoms with van der Waals surface area (Å²) in [6.45, 7) is 9.13. The second kappa shape index (κ2) is 6.16. The standard InChI is InChI=1S/C17H28N4/c1-12(17(2,3)4)10-13(19-18)11-15-14-8-6-7-9-16(14)21(5)20-15/h6-9,12-13,19H,10-11,18H2,1-5H3. The van der Waals surface area contributed by atoms with Gasteiger partial charge in [0, 0.05) is 24.9 Å². The van der Waals surface area contributed by atoms with Crippen LogP contribution in [0.2, 0.25) is 0 Å². The van der Waals surface area contributed by atoms with E-state index in [1.807, 2.05) is 17.8 Å². The fourth-order valence-corrected chi connectivity index (χ4v) is 2.66. The Hall–Kier alpha value is -1.39. The normalized spacial score (nSPS) is 15.3. The monoisotopic (exact) mass is 288 g/mol. The fourth-order valence-electron chi connectivity index (χ4n) is 2.66. The maximum Gasteiger partial charge on any atom is 0.0719 e. The van der Waals surface area contributed by atoms with Crippen LogP contribution in [0, 0.1) is 11.3 Å². The second-order valence-electron chi connectivity index (χ2n) is 7.16. The first-order chi connectivity index (χ1) is 9.82. The summed E-state index contributed by atoms with van der Waals surface area (Å²) in [5.74, 6) is 6.37. The Morgan fingerprint density at radius 3 is 2.57 bits per heavy atom.